The van der Waals surface area contributed by atoms with Gasteiger partial charge in [-0.05, 0) is 12.1 Å². The van der Waals surface area contributed by atoms with Crippen molar-refractivity contribution >= 4 is 16.9 Å². The molecule has 0 atom stereocenters. The van der Waals surface area contributed by atoms with Crippen LogP contribution < -0.4 is 0 Å². The first-order valence-electron chi connectivity index (χ1n) is 5.49. The van der Waals surface area contributed by atoms with Gasteiger partial charge in [-0.15, -0.1) is 0 Å². The van der Waals surface area contributed by atoms with Crippen molar-refractivity contribution in [2.75, 3.05) is 7.11 Å². The van der Waals surface area contributed by atoms with Crippen molar-refractivity contribution in [1.29, 1.82) is 0 Å². The van der Waals surface area contributed by atoms with Crippen LogP contribution in [0.5, 0.6) is 0 Å². The molecule has 0 aliphatic carbocycles. The van der Waals surface area contributed by atoms with Gasteiger partial charge in [-0.2, -0.15) is 5.10 Å². The van der Waals surface area contributed by atoms with Crippen LogP contribution >= 0.6 is 0 Å². The number of para-hydroxylation sites is 1. The van der Waals surface area contributed by atoms with Crippen molar-refractivity contribution in [2.24, 2.45) is 0 Å². The molecule has 1 aromatic carbocycles. The number of hydrogen-bond donors (Lipinski definition) is 2. The van der Waals surface area contributed by atoms with Gasteiger partial charge in [-0.25, -0.2) is 4.79 Å². The maximum Gasteiger partial charge on any atom is 0.341 e. The average molecular weight is 241 g/mol. The largest absolute Gasteiger partial charge is 0.465 e. The quantitative estimate of drug-likeness (QED) is 0.676. The maximum absolute atomic E-state index is 11.6. The zero-order valence-corrected chi connectivity index (χ0v) is 9.73. The van der Waals surface area contributed by atoms with E-state index >= 15 is 0 Å². The second kappa shape index (κ2) is 4.03. The summed E-state index contributed by atoms with van der Waals surface area (Å²) in [6.45, 7) is 0. The molecule has 5 nitrogen and oxygen atoms in total. The maximum atomic E-state index is 11.6. The van der Waals surface area contributed by atoms with E-state index in [1.807, 2.05) is 30.3 Å². The third kappa shape index (κ3) is 1.57. The molecule has 0 saturated heterocycles. The predicted molar refractivity (Wildman–Crippen MR) is 67.2 cm³/mol. The second-order valence-corrected chi connectivity index (χ2v) is 3.92. The number of aromatic nitrogens is 3. The van der Waals surface area contributed by atoms with Gasteiger partial charge in [0.1, 0.15) is 5.56 Å². The molecular formula is C13H11N3O2. The van der Waals surface area contributed by atoms with Crippen molar-refractivity contribution < 1.29 is 9.53 Å². The van der Waals surface area contributed by atoms with Gasteiger partial charge >= 0.3 is 5.97 Å². The number of methoxy groups -OCH3 is 1. The van der Waals surface area contributed by atoms with E-state index in [1.165, 1.54) is 13.3 Å². The third-order valence-electron chi connectivity index (χ3n) is 2.84. The van der Waals surface area contributed by atoms with Crippen LogP contribution in [0, 0.1) is 0 Å². The molecule has 18 heavy (non-hydrogen) atoms. The molecular weight excluding hydrogens is 230 g/mol. The topological polar surface area (TPSA) is 70.8 Å². The monoisotopic (exact) mass is 241 g/mol. The van der Waals surface area contributed by atoms with E-state index in [-0.39, 0.29) is 0 Å². The van der Waals surface area contributed by atoms with E-state index in [1.54, 1.807) is 0 Å². The molecule has 0 amide bonds. The minimum Gasteiger partial charge on any atom is -0.465 e. The van der Waals surface area contributed by atoms with Gasteiger partial charge in [0.15, 0.2) is 0 Å². The van der Waals surface area contributed by atoms with Crippen LogP contribution in [-0.2, 0) is 4.74 Å². The molecule has 3 aromatic rings. The first kappa shape index (κ1) is 10.6. The minimum absolute atomic E-state index is 0.405. The van der Waals surface area contributed by atoms with Gasteiger partial charge in [0.2, 0.25) is 0 Å². The Hall–Kier alpha value is -2.56. The summed E-state index contributed by atoms with van der Waals surface area (Å²) < 4.78 is 4.72. The lowest BCUT2D eigenvalue weighted by Gasteiger charge is -1.98. The fourth-order valence-corrected chi connectivity index (χ4v) is 1.96. The molecule has 2 N–H and O–H groups in total. The normalized spacial score (nSPS) is 10.7. The molecule has 3 rings (SSSR count). The van der Waals surface area contributed by atoms with Crippen LogP contribution in [0.25, 0.3) is 22.3 Å². The lowest BCUT2D eigenvalue weighted by Crippen LogP contribution is -2.01. The van der Waals surface area contributed by atoms with Gasteiger partial charge in [0.05, 0.1) is 24.7 Å². The highest BCUT2D eigenvalue weighted by Crippen LogP contribution is 2.25. The summed E-state index contributed by atoms with van der Waals surface area (Å²) in [5.74, 6) is -0.405. The number of nitrogens with zero attached hydrogens (tertiary/aromatic N) is 1. The number of fused-ring (bicyclic) bond motifs is 1. The number of carbonyl (C=O) groups is 1. The average Bonchev–Trinajstić information content (AvgIpc) is 3.03. The summed E-state index contributed by atoms with van der Waals surface area (Å²) >= 11 is 0. The highest BCUT2D eigenvalue weighted by atomic mass is 16.5. The first-order valence-corrected chi connectivity index (χ1v) is 5.49. The van der Waals surface area contributed by atoms with Gasteiger partial charge in [-0.3, -0.25) is 5.10 Å². The molecule has 0 spiro atoms. The summed E-state index contributed by atoms with van der Waals surface area (Å²) in [4.78, 5) is 14.8. The van der Waals surface area contributed by atoms with Crippen LogP contribution in [0.15, 0.2) is 36.5 Å². The fraction of sp³-hybridized carbons (Fsp3) is 0.0769. The molecule has 2 heterocycles. The Morgan fingerprint density at radius 2 is 2.17 bits per heavy atom. The standard InChI is InChI=1S/C13H11N3O2/c1-18-13(17)9-7-14-16-12(9)11-6-8-4-2-3-5-10(8)15-11/h2-7,15H,1H3,(H,14,16). The van der Waals surface area contributed by atoms with Crippen molar-refractivity contribution in [1.82, 2.24) is 15.2 Å². The second-order valence-electron chi connectivity index (χ2n) is 3.92. The molecule has 0 unspecified atom stereocenters. The van der Waals surface area contributed by atoms with Crippen LogP contribution in [-0.4, -0.2) is 28.3 Å². The lowest BCUT2D eigenvalue weighted by molar-refractivity contribution is 0.0601. The Balaban J connectivity index is 2.14. The lowest BCUT2D eigenvalue weighted by atomic mass is 10.2. The van der Waals surface area contributed by atoms with Crippen molar-refractivity contribution in [3.05, 3.63) is 42.1 Å². The van der Waals surface area contributed by atoms with E-state index in [0.717, 1.165) is 16.6 Å². The number of carbonyl (C=O) groups excluding carboxylic acids is 1. The van der Waals surface area contributed by atoms with E-state index in [4.69, 9.17) is 4.74 Å². The van der Waals surface area contributed by atoms with Crippen molar-refractivity contribution in [2.45, 2.75) is 0 Å². The van der Waals surface area contributed by atoms with E-state index in [2.05, 4.69) is 15.2 Å². The SMILES string of the molecule is COC(=O)c1cn[nH]c1-c1cc2ccccc2[nH]1. The smallest absolute Gasteiger partial charge is 0.341 e. The van der Waals surface area contributed by atoms with Gasteiger partial charge < -0.3 is 9.72 Å². The summed E-state index contributed by atoms with van der Waals surface area (Å²) in [7, 11) is 1.35. The summed E-state index contributed by atoms with van der Waals surface area (Å²) in [5, 5.41) is 7.79. The third-order valence-corrected chi connectivity index (χ3v) is 2.84. The number of hydrogen-bond acceptors (Lipinski definition) is 3. The van der Waals surface area contributed by atoms with Gasteiger partial charge in [0.25, 0.3) is 0 Å². The Kier molecular flexibility index (Phi) is 2.37. The first-order chi connectivity index (χ1) is 8.79. The van der Waals surface area contributed by atoms with Crippen LogP contribution in [0.2, 0.25) is 0 Å². The summed E-state index contributed by atoms with van der Waals surface area (Å²) in [5.41, 5.74) is 2.88. The number of nitrogens with one attached hydrogen (secondary N) is 2. The molecule has 2 aromatic heterocycles. The predicted octanol–water partition coefficient (Wildman–Crippen LogP) is 2.34. The Morgan fingerprint density at radius 1 is 1.33 bits per heavy atom. The van der Waals surface area contributed by atoms with E-state index in [9.17, 15) is 4.79 Å². The zero-order valence-electron chi connectivity index (χ0n) is 9.73. The zero-order chi connectivity index (χ0) is 12.5. The highest BCUT2D eigenvalue weighted by Gasteiger charge is 2.16. The molecule has 0 bridgehead atoms. The summed E-state index contributed by atoms with van der Waals surface area (Å²) in [6, 6.07) is 9.87. The van der Waals surface area contributed by atoms with Crippen LogP contribution in [0.3, 0.4) is 0 Å². The highest BCUT2D eigenvalue weighted by molar-refractivity contribution is 5.97. The summed E-state index contributed by atoms with van der Waals surface area (Å²) in [6.07, 6.45) is 1.46. The van der Waals surface area contributed by atoms with E-state index < -0.39 is 5.97 Å². The molecule has 0 radical (unpaired) electrons. The molecule has 0 saturated carbocycles. The van der Waals surface area contributed by atoms with E-state index in [0.29, 0.717) is 11.3 Å². The molecule has 5 heteroatoms. The molecule has 90 valence electrons. The number of benzene rings is 1. The number of aromatic amines is 2. The van der Waals surface area contributed by atoms with Gasteiger partial charge in [-0.1, -0.05) is 18.2 Å². The Morgan fingerprint density at radius 3 is 2.94 bits per heavy atom. The van der Waals surface area contributed by atoms with Crippen LogP contribution in [0.4, 0.5) is 0 Å². The van der Waals surface area contributed by atoms with Crippen molar-refractivity contribution in [3.8, 4) is 11.4 Å². The Labute approximate surface area is 103 Å². The Bertz CT molecular complexity index is 679. The number of ether oxygens (including phenoxy) is 1. The molecule has 0 fully saturated rings. The van der Waals surface area contributed by atoms with Crippen molar-refractivity contribution in [3.63, 3.8) is 0 Å². The van der Waals surface area contributed by atoms with Gasteiger partial charge in [0, 0.05) is 10.9 Å². The number of H-pyrrole nitrogens is 2. The number of rotatable bonds is 2. The fourth-order valence-electron chi connectivity index (χ4n) is 1.96. The molecule has 0 aliphatic rings. The van der Waals surface area contributed by atoms with Crippen LogP contribution in [0.1, 0.15) is 10.4 Å². The minimum atomic E-state index is -0.405. The number of esters is 1. The molecule has 0 aliphatic heterocycles.